The molecule has 0 saturated heterocycles. The average molecular weight is 295 g/mol. The zero-order chi connectivity index (χ0) is 12.7. The van der Waals surface area contributed by atoms with Gasteiger partial charge in [0.25, 0.3) is 0 Å². The van der Waals surface area contributed by atoms with Crippen molar-refractivity contribution in [3.8, 4) is 0 Å². The van der Waals surface area contributed by atoms with Crippen LogP contribution in [0.4, 0.5) is 10.5 Å². The number of halogens is 1. The van der Waals surface area contributed by atoms with Gasteiger partial charge in [0.1, 0.15) is 0 Å². The number of hydrogen-bond donors (Lipinski definition) is 1. The summed E-state index contributed by atoms with van der Waals surface area (Å²) in [6.45, 7) is 8.23. The number of amides is 2. The van der Waals surface area contributed by atoms with Crippen LogP contribution in [0.5, 0.6) is 0 Å². The van der Waals surface area contributed by atoms with Crippen LogP contribution in [-0.2, 0) is 0 Å². The van der Waals surface area contributed by atoms with E-state index in [2.05, 4.69) is 34.4 Å². The quantitative estimate of drug-likeness (QED) is 0.826. The van der Waals surface area contributed by atoms with Crippen LogP contribution in [0.3, 0.4) is 0 Å². The lowest BCUT2D eigenvalue weighted by Gasteiger charge is -2.19. The fourth-order valence-electron chi connectivity index (χ4n) is 1.32. The van der Waals surface area contributed by atoms with Crippen LogP contribution in [0.2, 0.25) is 0 Å². The molecule has 0 bridgehead atoms. The number of rotatable bonds is 5. The number of anilines is 1. The molecule has 0 saturated carbocycles. The number of hydrogen-bond acceptors (Lipinski definition) is 1. The summed E-state index contributed by atoms with van der Waals surface area (Å²) < 4.78 is 0.925. The van der Waals surface area contributed by atoms with E-state index in [1.165, 1.54) is 0 Å². The van der Waals surface area contributed by atoms with Crippen molar-refractivity contribution < 1.29 is 4.79 Å². The Hall–Kier alpha value is -1.55. The zero-order valence-corrected chi connectivity index (χ0v) is 11.1. The molecular formula is C13H15BrN2O. The van der Waals surface area contributed by atoms with E-state index in [0.29, 0.717) is 13.1 Å². The maximum absolute atomic E-state index is 11.9. The van der Waals surface area contributed by atoms with E-state index in [1.54, 1.807) is 17.1 Å². The Morgan fingerprint density at radius 1 is 1.35 bits per heavy atom. The van der Waals surface area contributed by atoms with Gasteiger partial charge in [-0.3, -0.25) is 0 Å². The number of nitrogens with zero attached hydrogens (tertiary/aromatic N) is 1. The summed E-state index contributed by atoms with van der Waals surface area (Å²) in [7, 11) is 0. The molecule has 0 spiro atoms. The zero-order valence-electron chi connectivity index (χ0n) is 9.53. The van der Waals surface area contributed by atoms with Gasteiger partial charge in [-0.05, 0) is 18.2 Å². The molecule has 0 aliphatic carbocycles. The Morgan fingerprint density at radius 3 is 2.53 bits per heavy atom. The minimum atomic E-state index is -0.164. The van der Waals surface area contributed by atoms with Crippen LogP contribution in [0.15, 0.2) is 54.0 Å². The molecule has 1 aromatic carbocycles. The lowest BCUT2D eigenvalue weighted by molar-refractivity contribution is 0.222. The summed E-state index contributed by atoms with van der Waals surface area (Å²) in [5, 5.41) is 2.81. The normalized spacial score (nSPS) is 9.47. The molecule has 0 unspecified atom stereocenters. The minimum Gasteiger partial charge on any atom is -0.317 e. The second-order valence-electron chi connectivity index (χ2n) is 3.42. The molecule has 90 valence electrons. The van der Waals surface area contributed by atoms with Gasteiger partial charge in [-0.25, -0.2) is 4.79 Å². The SMILES string of the molecule is C=CCN(CC=C)C(=O)Nc1cccc(Br)c1. The highest BCUT2D eigenvalue weighted by atomic mass is 79.9. The van der Waals surface area contributed by atoms with Gasteiger partial charge in [-0.1, -0.05) is 34.1 Å². The summed E-state index contributed by atoms with van der Waals surface area (Å²) >= 11 is 3.35. The fraction of sp³-hybridized carbons (Fsp3) is 0.154. The molecule has 1 rings (SSSR count). The number of nitrogens with one attached hydrogen (secondary N) is 1. The van der Waals surface area contributed by atoms with E-state index in [9.17, 15) is 4.79 Å². The van der Waals surface area contributed by atoms with Crippen molar-refractivity contribution in [3.63, 3.8) is 0 Å². The number of carbonyl (C=O) groups is 1. The molecule has 2 amide bonds. The van der Waals surface area contributed by atoms with Gasteiger partial charge in [0.05, 0.1) is 0 Å². The number of urea groups is 1. The van der Waals surface area contributed by atoms with Gasteiger partial charge in [0, 0.05) is 23.2 Å². The fourth-order valence-corrected chi connectivity index (χ4v) is 1.72. The monoisotopic (exact) mass is 294 g/mol. The molecule has 0 radical (unpaired) electrons. The molecule has 17 heavy (non-hydrogen) atoms. The molecular weight excluding hydrogens is 280 g/mol. The van der Waals surface area contributed by atoms with E-state index in [1.807, 2.05) is 24.3 Å². The van der Waals surface area contributed by atoms with Gasteiger partial charge in [-0.15, -0.1) is 13.2 Å². The predicted octanol–water partition coefficient (Wildman–Crippen LogP) is 3.66. The van der Waals surface area contributed by atoms with Crippen molar-refractivity contribution >= 4 is 27.6 Å². The van der Waals surface area contributed by atoms with Gasteiger partial charge in [0.15, 0.2) is 0 Å². The summed E-state index contributed by atoms with van der Waals surface area (Å²) in [5.74, 6) is 0. The van der Waals surface area contributed by atoms with Gasteiger partial charge in [0.2, 0.25) is 0 Å². The number of carbonyl (C=O) groups excluding carboxylic acids is 1. The van der Waals surface area contributed by atoms with Crippen LogP contribution in [0, 0.1) is 0 Å². The van der Waals surface area contributed by atoms with Crippen LogP contribution < -0.4 is 5.32 Å². The first-order valence-corrected chi connectivity index (χ1v) is 6.00. The molecule has 1 N–H and O–H groups in total. The molecule has 4 heteroatoms. The Kier molecular flexibility index (Phi) is 5.49. The van der Waals surface area contributed by atoms with Crippen LogP contribution >= 0.6 is 15.9 Å². The summed E-state index contributed by atoms with van der Waals surface area (Å²) in [6, 6.07) is 7.29. The third kappa shape index (κ3) is 4.44. The Labute approximate surface area is 110 Å². The molecule has 0 aliphatic heterocycles. The van der Waals surface area contributed by atoms with E-state index >= 15 is 0 Å². The highest BCUT2D eigenvalue weighted by Gasteiger charge is 2.10. The van der Waals surface area contributed by atoms with Crippen molar-refractivity contribution in [2.45, 2.75) is 0 Å². The summed E-state index contributed by atoms with van der Waals surface area (Å²) in [5.41, 5.74) is 0.752. The highest BCUT2D eigenvalue weighted by Crippen LogP contribution is 2.16. The van der Waals surface area contributed by atoms with Gasteiger partial charge >= 0.3 is 6.03 Å². The highest BCUT2D eigenvalue weighted by molar-refractivity contribution is 9.10. The second kappa shape index (κ2) is 6.91. The maximum atomic E-state index is 11.9. The van der Waals surface area contributed by atoms with E-state index in [4.69, 9.17) is 0 Å². The molecule has 0 fully saturated rings. The molecule has 0 aromatic heterocycles. The Bertz CT molecular complexity index is 408. The Balaban J connectivity index is 2.68. The van der Waals surface area contributed by atoms with Crippen molar-refractivity contribution in [2.75, 3.05) is 18.4 Å². The molecule has 0 heterocycles. The first-order valence-electron chi connectivity index (χ1n) is 5.20. The van der Waals surface area contributed by atoms with E-state index < -0.39 is 0 Å². The van der Waals surface area contributed by atoms with E-state index in [-0.39, 0.29) is 6.03 Å². The van der Waals surface area contributed by atoms with Crippen molar-refractivity contribution in [2.24, 2.45) is 0 Å². The second-order valence-corrected chi connectivity index (χ2v) is 4.34. The smallest absolute Gasteiger partial charge is 0.317 e. The third-order valence-corrected chi connectivity index (χ3v) is 2.56. The summed E-state index contributed by atoms with van der Waals surface area (Å²) in [6.07, 6.45) is 3.37. The van der Waals surface area contributed by atoms with Crippen LogP contribution in [-0.4, -0.2) is 24.0 Å². The standard InChI is InChI=1S/C13H15BrN2O/c1-3-8-16(9-4-2)13(17)15-12-7-5-6-11(14)10-12/h3-7,10H,1-2,8-9H2,(H,15,17). The Morgan fingerprint density at radius 2 is 2.00 bits per heavy atom. The number of benzene rings is 1. The van der Waals surface area contributed by atoms with Crippen LogP contribution in [0.25, 0.3) is 0 Å². The molecule has 1 aromatic rings. The average Bonchev–Trinajstić information content (AvgIpc) is 2.28. The van der Waals surface area contributed by atoms with Crippen LogP contribution in [0.1, 0.15) is 0 Å². The van der Waals surface area contributed by atoms with Crippen molar-refractivity contribution in [1.29, 1.82) is 0 Å². The van der Waals surface area contributed by atoms with Gasteiger partial charge in [-0.2, -0.15) is 0 Å². The largest absolute Gasteiger partial charge is 0.322 e. The maximum Gasteiger partial charge on any atom is 0.322 e. The first kappa shape index (κ1) is 13.5. The summed E-state index contributed by atoms with van der Waals surface area (Å²) in [4.78, 5) is 13.5. The molecule has 0 atom stereocenters. The molecule has 3 nitrogen and oxygen atoms in total. The third-order valence-electron chi connectivity index (χ3n) is 2.06. The predicted molar refractivity (Wildman–Crippen MR) is 75.1 cm³/mol. The van der Waals surface area contributed by atoms with E-state index in [0.717, 1.165) is 10.2 Å². The minimum absolute atomic E-state index is 0.164. The lowest BCUT2D eigenvalue weighted by atomic mass is 10.3. The molecule has 0 aliphatic rings. The lowest BCUT2D eigenvalue weighted by Crippen LogP contribution is -2.35. The van der Waals surface area contributed by atoms with Gasteiger partial charge < -0.3 is 10.2 Å². The first-order chi connectivity index (χ1) is 8.17. The van der Waals surface area contributed by atoms with Crippen molar-refractivity contribution in [3.05, 3.63) is 54.0 Å². The van der Waals surface area contributed by atoms with Crippen molar-refractivity contribution in [1.82, 2.24) is 4.90 Å². The topological polar surface area (TPSA) is 32.3 Å².